The van der Waals surface area contributed by atoms with Gasteiger partial charge in [0.2, 0.25) is 5.95 Å². The van der Waals surface area contributed by atoms with Gasteiger partial charge >= 0.3 is 6.18 Å². The number of nitriles is 1. The lowest BCUT2D eigenvalue weighted by Crippen LogP contribution is -2.33. The number of carbonyl (C=O) groups excluding carboxylic acids is 1. The molecule has 3 rings (SSSR count). The van der Waals surface area contributed by atoms with Gasteiger partial charge in [0.1, 0.15) is 0 Å². The molecule has 0 spiro atoms. The molecule has 152 valence electrons. The Morgan fingerprint density at radius 2 is 1.93 bits per heavy atom. The molecule has 1 aliphatic rings. The highest BCUT2D eigenvalue weighted by Gasteiger charge is 2.38. The van der Waals surface area contributed by atoms with Crippen LogP contribution in [0.5, 0.6) is 0 Å². The largest absolute Gasteiger partial charge is 0.434 e. The first kappa shape index (κ1) is 20.5. The number of nitrogens with one attached hydrogen (secondary N) is 2. The van der Waals surface area contributed by atoms with Crippen LogP contribution in [-0.2, 0) is 10.9 Å². The molecule has 0 unspecified atom stereocenters. The number of benzene rings is 1. The molecule has 10 heteroatoms. The molecule has 1 fully saturated rings. The third kappa shape index (κ3) is 5.42. The van der Waals surface area contributed by atoms with E-state index in [0.29, 0.717) is 24.5 Å². The number of anilines is 2. The quantitative estimate of drug-likeness (QED) is 0.792. The van der Waals surface area contributed by atoms with Crippen LogP contribution in [0.3, 0.4) is 0 Å². The van der Waals surface area contributed by atoms with Crippen LogP contribution in [-0.4, -0.2) is 35.6 Å². The molecule has 1 saturated heterocycles. The maximum atomic E-state index is 13.5. The first-order chi connectivity index (χ1) is 13.9. The first-order valence-electron chi connectivity index (χ1n) is 8.94. The molecule has 2 heterocycles. The zero-order valence-corrected chi connectivity index (χ0v) is 15.3. The maximum absolute atomic E-state index is 13.5. The standard InChI is InChI=1S/C19H18F3N5O2/c20-19(21,22)16-15(17(28)24-10-13-5-7-29-8-6-13)11-25-18(27-16)26-14-3-1-12(9-23)2-4-14/h1-4,11,13H,5-8,10H2,(H,24,28)(H,25,26,27). The number of hydrogen-bond acceptors (Lipinski definition) is 6. The van der Waals surface area contributed by atoms with Gasteiger partial charge in [0, 0.05) is 31.6 Å². The lowest BCUT2D eigenvalue weighted by molar-refractivity contribution is -0.141. The summed E-state index contributed by atoms with van der Waals surface area (Å²) in [5, 5.41) is 14.0. The van der Waals surface area contributed by atoms with E-state index in [1.807, 2.05) is 6.07 Å². The van der Waals surface area contributed by atoms with Crippen LogP contribution in [0.1, 0.15) is 34.5 Å². The lowest BCUT2D eigenvalue weighted by Gasteiger charge is -2.22. The molecule has 1 amide bonds. The highest BCUT2D eigenvalue weighted by molar-refractivity contribution is 5.95. The molecule has 1 aromatic heterocycles. The van der Waals surface area contributed by atoms with Crippen LogP contribution in [0.4, 0.5) is 24.8 Å². The van der Waals surface area contributed by atoms with Gasteiger partial charge in [0.25, 0.3) is 5.91 Å². The summed E-state index contributed by atoms with van der Waals surface area (Å²) >= 11 is 0. The van der Waals surface area contributed by atoms with E-state index in [9.17, 15) is 18.0 Å². The van der Waals surface area contributed by atoms with Gasteiger partial charge in [-0.15, -0.1) is 0 Å². The van der Waals surface area contributed by atoms with Crippen LogP contribution in [0.2, 0.25) is 0 Å². The third-order valence-corrected chi connectivity index (χ3v) is 4.46. The SMILES string of the molecule is N#Cc1ccc(Nc2ncc(C(=O)NCC3CCOCC3)c(C(F)(F)F)n2)cc1. The van der Waals surface area contributed by atoms with Crippen molar-refractivity contribution in [2.24, 2.45) is 5.92 Å². The molecular weight excluding hydrogens is 387 g/mol. The molecular formula is C19H18F3N5O2. The Morgan fingerprint density at radius 1 is 1.24 bits per heavy atom. The van der Waals surface area contributed by atoms with Crippen molar-refractivity contribution >= 4 is 17.5 Å². The van der Waals surface area contributed by atoms with Gasteiger partial charge in [-0.05, 0) is 43.0 Å². The van der Waals surface area contributed by atoms with Gasteiger partial charge in [-0.3, -0.25) is 4.79 Å². The summed E-state index contributed by atoms with van der Waals surface area (Å²) in [5.41, 5.74) is -1.12. The Bertz CT molecular complexity index is 904. The topological polar surface area (TPSA) is 99.9 Å². The van der Waals surface area contributed by atoms with E-state index in [1.54, 1.807) is 0 Å². The molecule has 7 nitrogen and oxygen atoms in total. The van der Waals surface area contributed by atoms with Crippen molar-refractivity contribution in [3.63, 3.8) is 0 Å². The second-order valence-corrected chi connectivity index (χ2v) is 6.53. The zero-order chi connectivity index (χ0) is 20.9. The van der Waals surface area contributed by atoms with Gasteiger partial charge in [0.15, 0.2) is 5.69 Å². The van der Waals surface area contributed by atoms with Crippen LogP contribution in [0.15, 0.2) is 30.5 Å². The number of rotatable bonds is 5. The molecule has 2 aromatic rings. The Labute approximate surface area is 164 Å². The molecule has 0 radical (unpaired) electrons. The fraction of sp³-hybridized carbons (Fsp3) is 0.368. The van der Waals surface area contributed by atoms with Gasteiger partial charge < -0.3 is 15.4 Å². The Kier molecular flexibility index (Phi) is 6.29. The van der Waals surface area contributed by atoms with E-state index in [4.69, 9.17) is 10.00 Å². The maximum Gasteiger partial charge on any atom is 0.434 e. The van der Waals surface area contributed by atoms with Crippen molar-refractivity contribution in [2.45, 2.75) is 19.0 Å². The lowest BCUT2D eigenvalue weighted by atomic mass is 10.0. The van der Waals surface area contributed by atoms with Gasteiger partial charge in [-0.1, -0.05) is 0 Å². The number of amides is 1. The fourth-order valence-corrected chi connectivity index (χ4v) is 2.86. The molecule has 29 heavy (non-hydrogen) atoms. The minimum absolute atomic E-state index is 0.167. The number of hydrogen-bond donors (Lipinski definition) is 2. The van der Waals surface area contributed by atoms with Gasteiger partial charge in [0.05, 0.1) is 17.2 Å². The zero-order valence-electron chi connectivity index (χ0n) is 15.3. The summed E-state index contributed by atoms with van der Waals surface area (Å²) in [5.74, 6) is -1.00. The number of nitrogens with zero attached hydrogens (tertiary/aromatic N) is 3. The summed E-state index contributed by atoms with van der Waals surface area (Å²) in [4.78, 5) is 19.7. The highest BCUT2D eigenvalue weighted by Crippen LogP contribution is 2.31. The second kappa shape index (κ2) is 8.87. The summed E-state index contributed by atoms with van der Waals surface area (Å²) in [6, 6.07) is 7.99. The van der Waals surface area contributed by atoms with Crippen molar-refractivity contribution < 1.29 is 22.7 Å². The van der Waals surface area contributed by atoms with E-state index < -0.39 is 23.3 Å². The Balaban J connectivity index is 1.76. The van der Waals surface area contributed by atoms with Crippen molar-refractivity contribution in [1.82, 2.24) is 15.3 Å². The minimum atomic E-state index is -4.82. The normalized spacial score (nSPS) is 14.8. The summed E-state index contributed by atoms with van der Waals surface area (Å²) in [6.07, 6.45) is -2.47. The predicted molar refractivity (Wildman–Crippen MR) is 97.3 cm³/mol. The van der Waals surface area contributed by atoms with E-state index in [-0.39, 0.29) is 18.4 Å². The van der Waals surface area contributed by atoms with E-state index in [0.717, 1.165) is 19.0 Å². The summed E-state index contributed by atoms with van der Waals surface area (Å²) in [6.45, 7) is 1.42. The predicted octanol–water partition coefficient (Wildman–Crippen LogP) is 3.27. The van der Waals surface area contributed by atoms with E-state index >= 15 is 0 Å². The monoisotopic (exact) mass is 405 g/mol. The van der Waals surface area contributed by atoms with Crippen molar-refractivity contribution in [3.8, 4) is 6.07 Å². The molecule has 0 aliphatic carbocycles. The Morgan fingerprint density at radius 3 is 2.55 bits per heavy atom. The summed E-state index contributed by atoms with van der Waals surface area (Å²) < 4.78 is 45.6. The van der Waals surface area contributed by atoms with Crippen molar-refractivity contribution in [2.75, 3.05) is 25.1 Å². The van der Waals surface area contributed by atoms with Crippen LogP contribution < -0.4 is 10.6 Å². The van der Waals surface area contributed by atoms with E-state index in [2.05, 4.69) is 20.6 Å². The van der Waals surface area contributed by atoms with Gasteiger partial charge in [-0.25, -0.2) is 9.97 Å². The molecule has 0 bridgehead atoms. The number of carbonyl (C=O) groups is 1. The second-order valence-electron chi connectivity index (χ2n) is 6.53. The molecule has 0 saturated carbocycles. The number of ether oxygens (including phenoxy) is 1. The fourth-order valence-electron chi connectivity index (χ4n) is 2.86. The number of alkyl halides is 3. The van der Waals surface area contributed by atoms with E-state index in [1.165, 1.54) is 24.3 Å². The minimum Gasteiger partial charge on any atom is -0.381 e. The molecule has 2 N–H and O–H groups in total. The number of halogens is 3. The van der Waals surface area contributed by atoms with Crippen LogP contribution in [0, 0.1) is 17.2 Å². The van der Waals surface area contributed by atoms with Gasteiger partial charge in [-0.2, -0.15) is 18.4 Å². The molecule has 0 atom stereocenters. The van der Waals surface area contributed by atoms with Crippen LogP contribution >= 0.6 is 0 Å². The third-order valence-electron chi connectivity index (χ3n) is 4.46. The van der Waals surface area contributed by atoms with Crippen molar-refractivity contribution in [1.29, 1.82) is 5.26 Å². The van der Waals surface area contributed by atoms with Crippen molar-refractivity contribution in [3.05, 3.63) is 47.3 Å². The summed E-state index contributed by atoms with van der Waals surface area (Å²) in [7, 11) is 0. The Hall–Kier alpha value is -3.19. The average molecular weight is 405 g/mol. The smallest absolute Gasteiger partial charge is 0.381 e. The van der Waals surface area contributed by atoms with Crippen LogP contribution in [0.25, 0.3) is 0 Å². The average Bonchev–Trinajstić information content (AvgIpc) is 2.72. The molecule has 1 aliphatic heterocycles. The molecule has 1 aromatic carbocycles. The first-order valence-corrected chi connectivity index (χ1v) is 8.94. The number of aromatic nitrogens is 2. The highest BCUT2D eigenvalue weighted by atomic mass is 19.4.